The van der Waals surface area contributed by atoms with Crippen molar-refractivity contribution in [2.45, 2.75) is 25.0 Å². The molecule has 1 fully saturated rings. The van der Waals surface area contributed by atoms with Gasteiger partial charge in [0.05, 0.1) is 11.4 Å². The zero-order valence-electron chi connectivity index (χ0n) is 12.4. The molecule has 3 N–H and O–H groups in total. The number of likely N-dealkylation sites (tertiary alicyclic amines) is 1. The number of piperidine rings is 1. The van der Waals surface area contributed by atoms with Crippen molar-refractivity contribution in [2.75, 3.05) is 13.1 Å². The molecule has 0 bridgehead atoms. The minimum absolute atomic E-state index is 0.264. The van der Waals surface area contributed by atoms with Crippen LogP contribution in [0.15, 0.2) is 42.6 Å². The molecule has 1 amide bonds. The summed E-state index contributed by atoms with van der Waals surface area (Å²) < 4.78 is 1.82. The summed E-state index contributed by atoms with van der Waals surface area (Å²) in [6.45, 7) is 1.68. The second-order valence-electron chi connectivity index (χ2n) is 5.80. The first-order valence-electron chi connectivity index (χ1n) is 7.41. The first kappa shape index (κ1) is 14.7. The zero-order valence-corrected chi connectivity index (χ0v) is 12.4. The van der Waals surface area contributed by atoms with Gasteiger partial charge in [-0.3, -0.25) is 9.69 Å². The summed E-state index contributed by atoms with van der Waals surface area (Å²) >= 11 is 0. The van der Waals surface area contributed by atoms with Crippen molar-refractivity contribution in [1.29, 1.82) is 0 Å². The van der Waals surface area contributed by atoms with Gasteiger partial charge in [-0.25, -0.2) is 4.68 Å². The summed E-state index contributed by atoms with van der Waals surface area (Å²) in [6.07, 6.45) is 3.09. The molecule has 22 heavy (non-hydrogen) atoms. The standard InChI is InChI=1S/C16H20N4O2/c17-15(21)16(22)8-4-9-19(12-16)11-13-7-10-20(18-13)14-5-2-1-3-6-14/h1-3,5-7,10,22H,4,8-9,11-12H2,(H2,17,21)/t16-/m0/s1. The molecule has 1 saturated heterocycles. The molecule has 6 heteroatoms. The van der Waals surface area contributed by atoms with E-state index in [2.05, 4.69) is 5.10 Å². The van der Waals surface area contributed by atoms with Crippen LogP contribution in [0.5, 0.6) is 0 Å². The fourth-order valence-corrected chi connectivity index (χ4v) is 2.86. The summed E-state index contributed by atoms with van der Waals surface area (Å²) in [6, 6.07) is 11.8. The van der Waals surface area contributed by atoms with Crippen molar-refractivity contribution in [3.63, 3.8) is 0 Å². The molecule has 0 saturated carbocycles. The molecule has 0 aliphatic carbocycles. The average Bonchev–Trinajstić information content (AvgIpc) is 2.97. The molecule has 1 aliphatic heterocycles. The molecule has 116 valence electrons. The van der Waals surface area contributed by atoms with E-state index in [1.54, 1.807) is 0 Å². The number of β-amino-alcohol motifs (C(OH)–C–C–N with tert-alkyl or cyclic N) is 1. The van der Waals surface area contributed by atoms with Crippen LogP contribution in [0.25, 0.3) is 5.69 Å². The highest BCUT2D eigenvalue weighted by atomic mass is 16.3. The molecule has 6 nitrogen and oxygen atoms in total. The second kappa shape index (κ2) is 5.90. The van der Waals surface area contributed by atoms with E-state index in [-0.39, 0.29) is 6.54 Å². The molecule has 2 heterocycles. The maximum atomic E-state index is 11.4. The van der Waals surface area contributed by atoms with E-state index in [1.807, 2.05) is 52.2 Å². The zero-order chi connectivity index (χ0) is 15.6. The lowest BCUT2D eigenvalue weighted by atomic mass is 9.92. The smallest absolute Gasteiger partial charge is 0.250 e. The lowest BCUT2D eigenvalue weighted by Crippen LogP contribution is -2.55. The predicted molar refractivity (Wildman–Crippen MR) is 82.2 cm³/mol. The Morgan fingerprint density at radius 1 is 1.32 bits per heavy atom. The summed E-state index contributed by atoms with van der Waals surface area (Å²) in [4.78, 5) is 13.4. The lowest BCUT2D eigenvalue weighted by molar-refractivity contribution is -0.142. The Morgan fingerprint density at radius 2 is 2.09 bits per heavy atom. The second-order valence-corrected chi connectivity index (χ2v) is 5.80. The van der Waals surface area contributed by atoms with Crippen LogP contribution >= 0.6 is 0 Å². The third-order valence-electron chi connectivity index (χ3n) is 4.06. The number of carbonyl (C=O) groups excluding carboxylic acids is 1. The summed E-state index contributed by atoms with van der Waals surface area (Å²) in [5.74, 6) is -0.646. The maximum Gasteiger partial charge on any atom is 0.250 e. The minimum atomic E-state index is -1.42. The molecule has 3 rings (SSSR count). The van der Waals surface area contributed by atoms with Gasteiger partial charge in [0.15, 0.2) is 5.60 Å². The van der Waals surface area contributed by atoms with Gasteiger partial charge in [-0.2, -0.15) is 5.10 Å². The largest absolute Gasteiger partial charge is 0.379 e. The third-order valence-corrected chi connectivity index (χ3v) is 4.06. The van der Waals surface area contributed by atoms with Crippen molar-refractivity contribution in [3.8, 4) is 5.69 Å². The normalized spacial score (nSPS) is 22.6. The molecule has 1 aromatic heterocycles. The van der Waals surface area contributed by atoms with Crippen LogP contribution < -0.4 is 5.73 Å². The number of carbonyl (C=O) groups is 1. The van der Waals surface area contributed by atoms with Crippen LogP contribution in [-0.2, 0) is 11.3 Å². The number of aliphatic hydroxyl groups is 1. The quantitative estimate of drug-likeness (QED) is 0.870. The average molecular weight is 300 g/mol. The number of primary amides is 1. The summed E-state index contributed by atoms with van der Waals surface area (Å²) in [5, 5.41) is 14.8. The Hall–Kier alpha value is -2.18. The number of aromatic nitrogens is 2. The molecule has 0 radical (unpaired) electrons. The van der Waals surface area contributed by atoms with Crippen molar-refractivity contribution in [1.82, 2.24) is 14.7 Å². The van der Waals surface area contributed by atoms with Crippen LogP contribution in [0.1, 0.15) is 18.5 Å². The summed E-state index contributed by atoms with van der Waals surface area (Å²) in [7, 11) is 0. The van der Waals surface area contributed by atoms with E-state index in [9.17, 15) is 9.90 Å². The maximum absolute atomic E-state index is 11.4. The van der Waals surface area contributed by atoms with E-state index in [4.69, 9.17) is 5.73 Å². The van der Waals surface area contributed by atoms with E-state index in [0.29, 0.717) is 13.0 Å². The van der Waals surface area contributed by atoms with Gasteiger partial charge in [0.25, 0.3) is 5.91 Å². The lowest BCUT2D eigenvalue weighted by Gasteiger charge is -2.36. The Kier molecular flexibility index (Phi) is 3.96. The van der Waals surface area contributed by atoms with Crippen LogP contribution in [-0.4, -0.2) is 44.4 Å². The van der Waals surface area contributed by atoms with Gasteiger partial charge in [-0.1, -0.05) is 18.2 Å². The van der Waals surface area contributed by atoms with Gasteiger partial charge in [-0.15, -0.1) is 0 Å². The molecule has 1 aliphatic rings. The van der Waals surface area contributed by atoms with Crippen LogP contribution in [0.2, 0.25) is 0 Å². The number of para-hydroxylation sites is 1. The van der Waals surface area contributed by atoms with E-state index < -0.39 is 11.5 Å². The monoisotopic (exact) mass is 300 g/mol. The van der Waals surface area contributed by atoms with Crippen molar-refractivity contribution < 1.29 is 9.90 Å². The number of hydrogen-bond donors (Lipinski definition) is 2. The summed E-state index contributed by atoms with van der Waals surface area (Å²) in [5.41, 5.74) is 5.79. The Bertz CT molecular complexity index is 655. The predicted octanol–water partition coefficient (Wildman–Crippen LogP) is 0.684. The fraction of sp³-hybridized carbons (Fsp3) is 0.375. The van der Waals surface area contributed by atoms with E-state index in [1.165, 1.54) is 0 Å². The molecular formula is C16H20N4O2. The number of nitrogens with two attached hydrogens (primary N) is 1. The Morgan fingerprint density at radius 3 is 2.82 bits per heavy atom. The number of rotatable bonds is 4. The van der Waals surface area contributed by atoms with Gasteiger partial charge in [-0.05, 0) is 37.6 Å². The first-order chi connectivity index (χ1) is 10.6. The highest BCUT2D eigenvalue weighted by Gasteiger charge is 2.38. The molecule has 0 unspecified atom stereocenters. The van der Waals surface area contributed by atoms with Crippen molar-refractivity contribution in [3.05, 3.63) is 48.3 Å². The minimum Gasteiger partial charge on any atom is -0.379 e. The van der Waals surface area contributed by atoms with Gasteiger partial charge in [0, 0.05) is 19.3 Å². The van der Waals surface area contributed by atoms with Gasteiger partial charge < -0.3 is 10.8 Å². The number of nitrogens with zero attached hydrogens (tertiary/aromatic N) is 3. The fourth-order valence-electron chi connectivity index (χ4n) is 2.86. The number of hydrogen-bond acceptors (Lipinski definition) is 4. The van der Waals surface area contributed by atoms with E-state index >= 15 is 0 Å². The highest BCUT2D eigenvalue weighted by Crippen LogP contribution is 2.22. The van der Waals surface area contributed by atoms with Crippen molar-refractivity contribution in [2.24, 2.45) is 5.73 Å². The Labute approximate surface area is 129 Å². The molecule has 0 spiro atoms. The SMILES string of the molecule is NC(=O)[C@]1(O)CCCN(Cc2ccn(-c3ccccc3)n2)C1. The Balaban J connectivity index is 1.69. The van der Waals surface area contributed by atoms with Crippen molar-refractivity contribution >= 4 is 5.91 Å². The number of benzene rings is 1. The highest BCUT2D eigenvalue weighted by molar-refractivity contribution is 5.83. The van der Waals surface area contributed by atoms with E-state index in [0.717, 1.165) is 24.3 Å². The van der Waals surface area contributed by atoms with Gasteiger partial charge in [0.2, 0.25) is 0 Å². The molecule has 1 atom stereocenters. The molecular weight excluding hydrogens is 280 g/mol. The number of amides is 1. The van der Waals surface area contributed by atoms with Gasteiger partial charge >= 0.3 is 0 Å². The van der Waals surface area contributed by atoms with Crippen LogP contribution in [0.3, 0.4) is 0 Å². The topological polar surface area (TPSA) is 84.4 Å². The molecule has 2 aromatic rings. The van der Waals surface area contributed by atoms with Crippen LogP contribution in [0.4, 0.5) is 0 Å². The molecule has 1 aromatic carbocycles. The first-order valence-corrected chi connectivity index (χ1v) is 7.41. The van der Waals surface area contributed by atoms with Crippen LogP contribution in [0, 0.1) is 0 Å². The third kappa shape index (κ3) is 3.03. The van der Waals surface area contributed by atoms with Gasteiger partial charge in [0.1, 0.15) is 0 Å².